The Morgan fingerprint density at radius 2 is 1.88 bits per heavy atom. The van der Waals surface area contributed by atoms with Gasteiger partial charge in [0.1, 0.15) is 5.75 Å². The summed E-state index contributed by atoms with van der Waals surface area (Å²) < 4.78 is 41.3. The van der Waals surface area contributed by atoms with Crippen LogP contribution in [0.3, 0.4) is 0 Å². The number of nitro groups is 1. The molecule has 8 heteroatoms. The first-order chi connectivity index (χ1) is 7.33. The highest BCUT2D eigenvalue weighted by Crippen LogP contribution is 2.29. The highest BCUT2D eigenvalue weighted by atomic mass is 35.5. The molecule has 0 radical (unpaired) electrons. The van der Waals surface area contributed by atoms with E-state index in [-0.39, 0.29) is 5.69 Å². The molecule has 1 unspecified atom stereocenters. The van der Waals surface area contributed by atoms with Crippen LogP contribution in [0.5, 0.6) is 5.75 Å². The molecule has 0 bridgehead atoms. The van der Waals surface area contributed by atoms with Crippen LogP contribution in [0.4, 0.5) is 18.9 Å². The van der Waals surface area contributed by atoms with E-state index < -0.39 is 22.4 Å². The molecule has 0 aliphatic heterocycles. The molecular formula is C8H5ClF3NO3. The van der Waals surface area contributed by atoms with E-state index in [2.05, 4.69) is 16.3 Å². The van der Waals surface area contributed by atoms with Gasteiger partial charge in [-0.15, -0.1) is 0 Å². The fraction of sp³-hybridized carbons (Fsp3) is 0.250. The lowest BCUT2D eigenvalue weighted by molar-refractivity contribution is -0.384. The van der Waals surface area contributed by atoms with Crippen molar-refractivity contribution >= 4 is 17.3 Å². The third-order valence-corrected chi connectivity index (χ3v) is 1.81. The van der Waals surface area contributed by atoms with Crippen molar-refractivity contribution in [2.45, 2.75) is 11.7 Å². The van der Waals surface area contributed by atoms with E-state index in [0.29, 0.717) is 0 Å². The molecule has 4 nitrogen and oxygen atoms in total. The van der Waals surface area contributed by atoms with Crippen molar-refractivity contribution in [1.82, 2.24) is 0 Å². The van der Waals surface area contributed by atoms with Gasteiger partial charge in [0.15, 0.2) is 0 Å². The van der Waals surface area contributed by atoms with Gasteiger partial charge in [-0.25, -0.2) is 4.39 Å². The number of rotatable bonds is 4. The zero-order valence-electron chi connectivity index (χ0n) is 7.57. The van der Waals surface area contributed by atoms with Gasteiger partial charge in [0, 0.05) is 12.1 Å². The Kier molecular flexibility index (Phi) is 3.58. The Morgan fingerprint density at radius 3 is 2.25 bits per heavy atom. The Hall–Kier alpha value is -1.50. The van der Waals surface area contributed by atoms with E-state index in [1.165, 1.54) is 0 Å². The lowest BCUT2D eigenvalue weighted by atomic mass is 10.3. The largest absolute Gasteiger partial charge is 0.444 e. The average Bonchev–Trinajstić information content (AvgIpc) is 2.17. The second-order valence-electron chi connectivity index (χ2n) is 2.72. The van der Waals surface area contributed by atoms with Crippen molar-refractivity contribution in [2.75, 3.05) is 0 Å². The average molecular weight is 256 g/mol. The number of alkyl halides is 4. The van der Waals surface area contributed by atoms with Gasteiger partial charge in [-0.05, 0) is 12.1 Å². The number of halogens is 4. The summed E-state index contributed by atoms with van der Waals surface area (Å²) in [5.41, 5.74) is -3.29. The van der Waals surface area contributed by atoms with Gasteiger partial charge in [0.25, 0.3) is 11.3 Å². The van der Waals surface area contributed by atoms with E-state index in [1.54, 1.807) is 0 Å². The van der Waals surface area contributed by atoms with Crippen LogP contribution >= 0.6 is 11.6 Å². The molecule has 1 aromatic rings. The van der Waals surface area contributed by atoms with Gasteiger partial charge in [0.2, 0.25) is 0 Å². The summed E-state index contributed by atoms with van der Waals surface area (Å²) in [6.45, 7) is 0. The van der Waals surface area contributed by atoms with Crippen molar-refractivity contribution in [1.29, 1.82) is 0 Å². The molecule has 0 saturated carbocycles. The van der Waals surface area contributed by atoms with E-state index in [0.717, 1.165) is 24.3 Å². The molecule has 1 atom stereocenters. The van der Waals surface area contributed by atoms with Gasteiger partial charge in [-0.3, -0.25) is 10.1 Å². The van der Waals surface area contributed by atoms with Crippen molar-refractivity contribution in [3.8, 4) is 5.75 Å². The highest BCUT2D eigenvalue weighted by molar-refractivity contribution is 6.20. The summed E-state index contributed by atoms with van der Waals surface area (Å²) in [6.07, 6.45) is -4.18. The summed E-state index contributed by atoms with van der Waals surface area (Å²) in [5, 5.41) is 10.2. The fourth-order valence-electron chi connectivity index (χ4n) is 0.838. The summed E-state index contributed by atoms with van der Waals surface area (Å²) in [4.78, 5) is 9.53. The minimum atomic E-state index is -4.18. The van der Waals surface area contributed by atoms with Crippen LogP contribution in [0.1, 0.15) is 0 Å². The molecule has 0 N–H and O–H groups in total. The second-order valence-corrected chi connectivity index (χ2v) is 3.10. The molecule has 0 amide bonds. The van der Waals surface area contributed by atoms with Gasteiger partial charge in [0.05, 0.1) is 4.92 Å². The number of nitro benzene ring substituents is 1. The molecule has 88 valence electrons. The van der Waals surface area contributed by atoms with Crippen LogP contribution in [0.15, 0.2) is 24.3 Å². The molecule has 1 aromatic carbocycles. The molecule has 0 aromatic heterocycles. The Labute approximate surface area is 92.7 Å². The minimum Gasteiger partial charge on any atom is -0.429 e. The lowest BCUT2D eigenvalue weighted by Gasteiger charge is -2.17. The highest BCUT2D eigenvalue weighted by Gasteiger charge is 2.42. The summed E-state index contributed by atoms with van der Waals surface area (Å²) in [7, 11) is 0. The van der Waals surface area contributed by atoms with Crippen molar-refractivity contribution in [3.63, 3.8) is 0 Å². The quantitative estimate of drug-likeness (QED) is 0.472. The number of benzene rings is 1. The first kappa shape index (κ1) is 12.6. The third kappa shape index (κ3) is 2.99. The zero-order valence-corrected chi connectivity index (χ0v) is 8.33. The topological polar surface area (TPSA) is 52.4 Å². The smallest absolute Gasteiger partial charge is 0.429 e. The summed E-state index contributed by atoms with van der Waals surface area (Å²) >= 11 is 4.55. The molecule has 0 spiro atoms. The minimum absolute atomic E-state index is 0.293. The maximum atomic E-state index is 12.6. The zero-order chi connectivity index (χ0) is 12.3. The standard InChI is InChI=1S/C8H5ClF3NO3/c9-7(10)8(11,12)16-6-3-1-5(2-4-6)13(14)15/h1-4,7H. The maximum Gasteiger partial charge on any atom is 0.444 e. The number of hydrogen-bond donors (Lipinski definition) is 0. The van der Waals surface area contributed by atoms with Crippen LogP contribution in [-0.4, -0.2) is 16.7 Å². The molecule has 0 aliphatic carbocycles. The molecule has 0 fully saturated rings. The molecule has 0 saturated heterocycles. The van der Waals surface area contributed by atoms with Crippen molar-refractivity contribution < 1.29 is 22.8 Å². The van der Waals surface area contributed by atoms with Crippen LogP contribution < -0.4 is 4.74 Å². The van der Waals surface area contributed by atoms with Crippen LogP contribution in [0.2, 0.25) is 0 Å². The normalized spacial score (nSPS) is 13.2. The SMILES string of the molecule is O=[N+]([O-])c1ccc(OC(F)(F)C(F)Cl)cc1. The lowest BCUT2D eigenvalue weighted by Crippen LogP contribution is -2.32. The molecule has 0 aliphatic rings. The maximum absolute atomic E-state index is 12.6. The van der Waals surface area contributed by atoms with Gasteiger partial charge < -0.3 is 4.74 Å². The number of nitrogens with zero attached hydrogens (tertiary/aromatic N) is 1. The van der Waals surface area contributed by atoms with Crippen molar-refractivity contribution in [3.05, 3.63) is 34.4 Å². The third-order valence-electron chi connectivity index (χ3n) is 1.56. The molecule has 16 heavy (non-hydrogen) atoms. The Morgan fingerprint density at radius 1 is 1.38 bits per heavy atom. The number of ether oxygens (including phenoxy) is 1. The van der Waals surface area contributed by atoms with Crippen LogP contribution in [0, 0.1) is 10.1 Å². The first-order valence-electron chi connectivity index (χ1n) is 3.92. The van der Waals surface area contributed by atoms with E-state index >= 15 is 0 Å². The Bertz CT molecular complexity index is 383. The van der Waals surface area contributed by atoms with Crippen LogP contribution in [0.25, 0.3) is 0 Å². The summed E-state index contributed by atoms with van der Waals surface area (Å²) in [6, 6.07) is 3.75. The predicted molar refractivity (Wildman–Crippen MR) is 49.4 cm³/mol. The van der Waals surface area contributed by atoms with E-state index in [4.69, 9.17) is 0 Å². The van der Waals surface area contributed by atoms with Gasteiger partial charge >= 0.3 is 6.11 Å². The van der Waals surface area contributed by atoms with Gasteiger partial charge in [-0.1, -0.05) is 11.6 Å². The fourth-order valence-corrected chi connectivity index (χ4v) is 0.882. The second kappa shape index (κ2) is 4.56. The van der Waals surface area contributed by atoms with E-state index in [9.17, 15) is 23.3 Å². The van der Waals surface area contributed by atoms with Crippen LogP contribution in [-0.2, 0) is 0 Å². The van der Waals surface area contributed by atoms with Crippen molar-refractivity contribution in [2.24, 2.45) is 0 Å². The number of hydrogen-bond acceptors (Lipinski definition) is 3. The predicted octanol–water partition coefficient (Wildman–Crippen LogP) is 3.10. The van der Waals surface area contributed by atoms with Gasteiger partial charge in [-0.2, -0.15) is 8.78 Å². The first-order valence-corrected chi connectivity index (χ1v) is 4.36. The Balaban J connectivity index is 2.80. The monoisotopic (exact) mass is 255 g/mol. The number of non-ortho nitro benzene ring substituents is 1. The van der Waals surface area contributed by atoms with E-state index in [1.807, 2.05) is 0 Å². The molecule has 0 heterocycles. The molecular weight excluding hydrogens is 251 g/mol. The molecule has 1 rings (SSSR count). The summed E-state index contributed by atoms with van der Waals surface area (Å²) in [5.74, 6) is -0.418.